The molecule has 4 aromatic rings. The summed E-state index contributed by atoms with van der Waals surface area (Å²) in [5.41, 5.74) is 2.64. The molecule has 0 radical (unpaired) electrons. The van der Waals surface area contributed by atoms with Crippen LogP contribution in [0.5, 0.6) is 17.2 Å². The summed E-state index contributed by atoms with van der Waals surface area (Å²) in [5, 5.41) is 26.0. The molecule has 10 nitrogen and oxygen atoms in total. The highest BCUT2D eigenvalue weighted by atomic mass is 16.5. The van der Waals surface area contributed by atoms with Crippen LogP contribution in [-0.4, -0.2) is 57.6 Å². The molecule has 1 amide bonds. The van der Waals surface area contributed by atoms with Crippen LogP contribution >= 0.6 is 0 Å². The summed E-state index contributed by atoms with van der Waals surface area (Å²) in [5.74, 6) is -1.06. The van der Waals surface area contributed by atoms with E-state index in [1.165, 1.54) is 6.07 Å². The van der Waals surface area contributed by atoms with Gasteiger partial charge < -0.3 is 30.0 Å². The second-order valence-electron chi connectivity index (χ2n) is 11.9. The van der Waals surface area contributed by atoms with E-state index in [1.54, 1.807) is 44.4 Å². The van der Waals surface area contributed by atoms with Gasteiger partial charge in [-0.25, -0.2) is 9.78 Å². The van der Waals surface area contributed by atoms with Gasteiger partial charge in [0.15, 0.2) is 0 Å². The van der Waals surface area contributed by atoms with E-state index >= 15 is 0 Å². The molecule has 0 bridgehead atoms. The van der Waals surface area contributed by atoms with Gasteiger partial charge in [0.1, 0.15) is 34.4 Å². The predicted molar refractivity (Wildman–Crippen MR) is 179 cm³/mol. The summed E-state index contributed by atoms with van der Waals surface area (Å²) >= 11 is 0. The molecule has 1 unspecified atom stereocenters. The van der Waals surface area contributed by atoms with E-state index in [0.717, 1.165) is 16.9 Å². The number of hydrogen-bond acceptors (Lipinski definition) is 8. The van der Waals surface area contributed by atoms with Crippen LogP contribution in [0.25, 0.3) is 17.1 Å². The number of imidazole rings is 1. The van der Waals surface area contributed by atoms with Crippen molar-refractivity contribution in [1.29, 1.82) is 0 Å². The van der Waals surface area contributed by atoms with Gasteiger partial charge in [-0.15, -0.1) is 0 Å². The Morgan fingerprint density at radius 2 is 1.87 bits per heavy atom. The van der Waals surface area contributed by atoms with Crippen molar-refractivity contribution in [3.05, 3.63) is 88.8 Å². The summed E-state index contributed by atoms with van der Waals surface area (Å²) in [7, 11) is 1.55. The number of Topliss-reactive ketones (excluding diaryl/α,β-unsaturated/α-hetero) is 1. The molecule has 1 aliphatic rings. The van der Waals surface area contributed by atoms with E-state index in [2.05, 4.69) is 15.3 Å². The van der Waals surface area contributed by atoms with Gasteiger partial charge in [-0.05, 0) is 74.1 Å². The standard InChI is InChI=1S/C37H41N3O7/c1-23-9-8-12-26(41)11-5-3-4-10-25-21-31(42)35(36(44)34(25)37(45)47-23)28(24-15-17-27(46-2)18-16-24)22-33(43)38-20-19-32-39-29-13-6-7-14-30(29)40-32/h4,6-7,10,13-18,21,23,28,42,44H,3,5,8-9,11-12,19-20,22H2,1-2H3,(H,38,43)(H,39,40)/b10-4+/t23-,28?/m0/s1. The number of ketones is 1. The number of carbonyl (C=O) groups is 3. The summed E-state index contributed by atoms with van der Waals surface area (Å²) in [4.78, 5) is 46.9. The maximum absolute atomic E-state index is 13.6. The van der Waals surface area contributed by atoms with Crippen molar-refractivity contribution in [2.75, 3.05) is 13.7 Å². The number of fused-ring (bicyclic) bond motifs is 2. The average Bonchev–Trinajstić information content (AvgIpc) is 3.46. The van der Waals surface area contributed by atoms with E-state index in [4.69, 9.17) is 9.47 Å². The number of esters is 1. The fourth-order valence-electron chi connectivity index (χ4n) is 5.94. The number of rotatable bonds is 8. The van der Waals surface area contributed by atoms with Gasteiger partial charge in [0.05, 0.1) is 24.2 Å². The molecular weight excluding hydrogens is 598 g/mol. The molecule has 3 aromatic carbocycles. The molecule has 2 heterocycles. The highest BCUT2D eigenvalue weighted by Crippen LogP contribution is 2.44. The predicted octanol–water partition coefficient (Wildman–Crippen LogP) is 6.35. The van der Waals surface area contributed by atoms with Crippen molar-refractivity contribution >= 4 is 34.8 Å². The third-order valence-electron chi connectivity index (χ3n) is 8.43. The molecule has 4 N–H and O–H groups in total. The molecule has 0 saturated carbocycles. The number of hydrogen-bond donors (Lipinski definition) is 4. The summed E-state index contributed by atoms with van der Waals surface area (Å²) in [6.45, 7) is 2.06. The van der Waals surface area contributed by atoms with Crippen molar-refractivity contribution in [1.82, 2.24) is 15.3 Å². The third-order valence-corrected chi connectivity index (χ3v) is 8.43. The largest absolute Gasteiger partial charge is 0.507 e. The number of H-pyrrole nitrogens is 1. The molecule has 0 aliphatic carbocycles. The minimum atomic E-state index is -0.814. The lowest BCUT2D eigenvalue weighted by Gasteiger charge is -2.23. The molecule has 0 saturated heterocycles. The SMILES string of the molecule is COc1ccc(C(CC(=O)NCCc2nc3ccccc3[nH]2)c2c(O)cc3c(c2O)C(=O)O[C@@H](C)CCCC(=O)CCC/C=C/3)cc1. The second-order valence-corrected chi connectivity index (χ2v) is 11.9. The van der Waals surface area contributed by atoms with Crippen molar-refractivity contribution in [2.45, 2.75) is 70.3 Å². The van der Waals surface area contributed by atoms with Gasteiger partial charge in [-0.2, -0.15) is 0 Å². The van der Waals surface area contributed by atoms with Crippen LogP contribution < -0.4 is 10.1 Å². The van der Waals surface area contributed by atoms with Gasteiger partial charge in [0.25, 0.3) is 0 Å². The number of benzene rings is 3. The topological polar surface area (TPSA) is 151 Å². The van der Waals surface area contributed by atoms with Crippen LogP contribution in [0.3, 0.4) is 0 Å². The number of aromatic amines is 1. The van der Waals surface area contributed by atoms with Crippen LogP contribution in [0.15, 0.2) is 60.7 Å². The molecule has 2 atom stereocenters. The number of methoxy groups -OCH3 is 1. The maximum atomic E-state index is 13.6. The fourth-order valence-corrected chi connectivity index (χ4v) is 5.94. The number of cyclic esters (lactones) is 1. The smallest absolute Gasteiger partial charge is 0.342 e. The van der Waals surface area contributed by atoms with Crippen molar-refractivity contribution in [3.63, 3.8) is 0 Å². The Hall–Kier alpha value is -5.12. The molecule has 47 heavy (non-hydrogen) atoms. The number of nitrogens with one attached hydrogen (secondary N) is 2. The zero-order valence-electron chi connectivity index (χ0n) is 26.8. The van der Waals surface area contributed by atoms with Crippen LogP contribution in [0.1, 0.15) is 90.7 Å². The van der Waals surface area contributed by atoms with Gasteiger partial charge in [-0.1, -0.05) is 36.4 Å². The molecule has 246 valence electrons. The number of ether oxygens (including phenoxy) is 2. The van der Waals surface area contributed by atoms with Crippen molar-refractivity contribution in [2.24, 2.45) is 0 Å². The number of phenols is 2. The number of nitrogens with zero attached hydrogens (tertiary/aromatic N) is 1. The molecule has 0 fully saturated rings. The Bertz CT molecular complexity index is 1730. The Morgan fingerprint density at radius 3 is 2.64 bits per heavy atom. The highest BCUT2D eigenvalue weighted by Gasteiger charge is 2.31. The van der Waals surface area contributed by atoms with E-state index < -0.39 is 23.7 Å². The number of allylic oxidation sites excluding steroid dienone is 1. The van der Waals surface area contributed by atoms with E-state index in [-0.39, 0.29) is 40.6 Å². The lowest BCUT2D eigenvalue weighted by Crippen LogP contribution is -2.28. The summed E-state index contributed by atoms with van der Waals surface area (Å²) < 4.78 is 11.0. The lowest BCUT2D eigenvalue weighted by molar-refractivity contribution is -0.121. The zero-order chi connectivity index (χ0) is 33.3. The van der Waals surface area contributed by atoms with Crippen molar-refractivity contribution in [3.8, 4) is 17.2 Å². The number of carbonyl (C=O) groups excluding carboxylic acids is 3. The molecule has 1 aliphatic heterocycles. The van der Waals surface area contributed by atoms with Crippen LogP contribution in [0.2, 0.25) is 0 Å². The number of aromatic hydroxyl groups is 2. The quantitative estimate of drug-likeness (QED) is 0.163. The van der Waals surface area contributed by atoms with Crippen LogP contribution in [0, 0.1) is 0 Å². The van der Waals surface area contributed by atoms with Crippen molar-refractivity contribution < 1.29 is 34.1 Å². The number of phenolic OH excluding ortho intramolecular Hbond substituents is 2. The Morgan fingerprint density at radius 1 is 1.11 bits per heavy atom. The number of aromatic nitrogens is 2. The first kappa shape index (κ1) is 33.2. The maximum Gasteiger partial charge on any atom is 0.342 e. The van der Waals surface area contributed by atoms with E-state index in [1.807, 2.05) is 30.3 Å². The molecule has 10 heteroatoms. The molecule has 5 rings (SSSR count). The average molecular weight is 640 g/mol. The fraction of sp³-hybridized carbons (Fsp3) is 0.351. The second kappa shape index (κ2) is 15.4. The first-order valence-corrected chi connectivity index (χ1v) is 16.1. The zero-order valence-corrected chi connectivity index (χ0v) is 26.8. The summed E-state index contributed by atoms with van der Waals surface area (Å²) in [6, 6.07) is 16.1. The normalized spacial score (nSPS) is 17.3. The van der Waals surface area contributed by atoms with Gasteiger partial charge in [0, 0.05) is 43.7 Å². The number of amides is 1. The third kappa shape index (κ3) is 8.38. The monoisotopic (exact) mass is 639 g/mol. The number of para-hydroxylation sites is 2. The minimum absolute atomic E-state index is 0.0473. The van der Waals surface area contributed by atoms with Crippen LogP contribution in [0.4, 0.5) is 0 Å². The lowest BCUT2D eigenvalue weighted by atomic mass is 9.84. The molecular formula is C37H41N3O7. The Kier molecular flexibility index (Phi) is 10.9. The van der Waals surface area contributed by atoms with Gasteiger partial charge in [-0.3, -0.25) is 9.59 Å². The minimum Gasteiger partial charge on any atom is -0.507 e. The Balaban J connectivity index is 1.45. The summed E-state index contributed by atoms with van der Waals surface area (Å²) in [6.07, 6.45) is 6.53. The molecule has 0 spiro atoms. The molecule has 1 aromatic heterocycles. The highest BCUT2D eigenvalue weighted by molar-refractivity contribution is 5.98. The van der Waals surface area contributed by atoms with Gasteiger partial charge >= 0.3 is 5.97 Å². The first-order valence-electron chi connectivity index (χ1n) is 16.1. The van der Waals surface area contributed by atoms with E-state index in [0.29, 0.717) is 62.8 Å². The van der Waals surface area contributed by atoms with Crippen LogP contribution in [-0.2, 0) is 20.7 Å². The Labute approximate surface area is 273 Å². The first-order chi connectivity index (χ1) is 22.7. The van der Waals surface area contributed by atoms with Gasteiger partial charge in [0.2, 0.25) is 5.91 Å². The van der Waals surface area contributed by atoms with E-state index in [9.17, 15) is 24.6 Å².